The Kier molecular flexibility index (Phi) is 4.34. The number of benzene rings is 2. The summed E-state index contributed by atoms with van der Waals surface area (Å²) < 4.78 is 19.1. The largest absolute Gasteiger partial charge is 0.457 e. The first-order valence-corrected chi connectivity index (χ1v) is 6.28. The highest BCUT2D eigenvalue weighted by Gasteiger charge is 2.12. The van der Waals surface area contributed by atoms with Gasteiger partial charge in [0.2, 0.25) is 0 Å². The Morgan fingerprint density at radius 1 is 1.20 bits per heavy atom. The van der Waals surface area contributed by atoms with Crippen LogP contribution in [-0.4, -0.2) is 7.05 Å². The molecular weight excluding hydrogens is 255 g/mol. The average Bonchev–Trinajstić information content (AvgIpc) is 2.49. The third-order valence-electron chi connectivity index (χ3n) is 3.08. The lowest BCUT2D eigenvalue weighted by atomic mass is 10.1. The van der Waals surface area contributed by atoms with Gasteiger partial charge in [-0.25, -0.2) is 4.39 Å². The maximum absolute atomic E-state index is 13.4. The highest BCUT2D eigenvalue weighted by molar-refractivity contribution is 5.41. The molecule has 0 saturated carbocycles. The highest BCUT2D eigenvalue weighted by Crippen LogP contribution is 2.30. The Morgan fingerprint density at radius 3 is 2.50 bits per heavy atom. The molecule has 0 saturated heterocycles. The van der Waals surface area contributed by atoms with Gasteiger partial charge in [-0.15, -0.1) is 0 Å². The van der Waals surface area contributed by atoms with Gasteiger partial charge in [-0.3, -0.25) is 0 Å². The molecule has 0 bridgehead atoms. The molecular formula is C16H15FN2O. The minimum atomic E-state index is -0.297. The number of hydrogen-bond donors (Lipinski definition) is 1. The summed E-state index contributed by atoms with van der Waals surface area (Å²) in [5.74, 6) is 0.910. The number of nitrogens with zero attached hydrogens (tertiary/aromatic N) is 1. The van der Waals surface area contributed by atoms with Gasteiger partial charge in [0.25, 0.3) is 0 Å². The summed E-state index contributed by atoms with van der Waals surface area (Å²) in [5, 5.41) is 11.8. The summed E-state index contributed by atoms with van der Waals surface area (Å²) in [4.78, 5) is 0. The minimum absolute atomic E-state index is 0.0286. The lowest BCUT2D eigenvalue weighted by molar-refractivity contribution is 0.463. The minimum Gasteiger partial charge on any atom is -0.457 e. The molecule has 1 unspecified atom stereocenters. The summed E-state index contributed by atoms with van der Waals surface area (Å²) in [6.07, 6.45) is 0. The first-order valence-electron chi connectivity index (χ1n) is 6.28. The Labute approximate surface area is 117 Å². The zero-order valence-electron chi connectivity index (χ0n) is 11.4. The number of rotatable bonds is 4. The van der Waals surface area contributed by atoms with Crippen LogP contribution in [-0.2, 0) is 0 Å². The van der Waals surface area contributed by atoms with Crippen LogP contribution in [0.2, 0.25) is 0 Å². The standard InChI is InChI=1S/C16H15FN2O/c1-11(19-2)15-9-13(17)5-8-16(15)20-14-6-3-12(10-18)4-7-14/h3-9,11,19H,1-2H3. The van der Waals surface area contributed by atoms with Crippen molar-refractivity contribution in [1.82, 2.24) is 5.32 Å². The van der Waals surface area contributed by atoms with Crippen LogP contribution in [0.25, 0.3) is 0 Å². The molecule has 1 atom stereocenters. The number of halogens is 1. The smallest absolute Gasteiger partial charge is 0.132 e. The van der Waals surface area contributed by atoms with E-state index < -0.39 is 0 Å². The van der Waals surface area contributed by atoms with E-state index >= 15 is 0 Å². The van der Waals surface area contributed by atoms with Crippen LogP contribution in [0.5, 0.6) is 11.5 Å². The van der Waals surface area contributed by atoms with Gasteiger partial charge in [0.1, 0.15) is 17.3 Å². The fourth-order valence-electron chi connectivity index (χ4n) is 1.83. The van der Waals surface area contributed by atoms with Gasteiger partial charge in [0, 0.05) is 11.6 Å². The van der Waals surface area contributed by atoms with E-state index in [9.17, 15) is 4.39 Å². The van der Waals surface area contributed by atoms with Crippen LogP contribution >= 0.6 is 0 Å². The van der Waals surface area contributed by atoms with Gasteiger partial charge in [-0.1, -0.05) is 0 Å². The van der Waals surface area contributed by atoms with Gasteiger partial charge in [0.05, 0.1) is 11.6 Å². The van der Waals surface area contributed by atoms with Crippen molar-refractivity contribution in [1.29, 1.82) is 5.26 Å². The first kappa shape index (κ1) is 14.0. The third kappa shape index (κ3) is 3.14. The van der Waals surface area contributed by atoms with Crippen molar-refractivity contribution >= 4 is 0 Å². The molecule has 102 valence electrons. The molecule has 0 fully saturated rings. The molecule has 0 aromatic heterocycles. The van der Waals surface area contributed by atoms with Crippen LogP contribution < -0.4 is 10.1 Å². The Hall–Kier alpha value is -2.38. The van der Waals surface area contributed by atoms with Gasteiger partial charge in [-0.05, 0) is 56.4 Å². The second-order valence-corrected chi connectivity index (χ2v) is 4.43. The number of hydrogen-bond acceptors (Lipinski definition) is 3. The third-order valence-corrected chi connectivity index (χ3v) is 3.08. The maximum Gasteiger partial charge on any atom is 0.132 e. The summed E-state index contributed by atoms with van der Waals surface area (Å²) in [5.41, 5.74) is 1.32. The van der Waals surface area contributed by atoms with E-state index in [1.54, 1.807) is 37.4 Å². The Morgan fingerprint density at radius 2 is 1.90 bits per heavy atom. The Bertz CT molecular complexity index is 632. The summed E-state index contributed by atoms with van der Waals surface area (Å²) in [6, 6.07) is 13.2. The molecule has 0 radical (unpaired) electrons. The molecule has 2 aromatic carbocycles. The maximum atomic E-state index is 13.4. The first-order chi connectivity index (χ1) is 9.63. The van der Waals surface area contributed by atoms with Gasteiger partial charge < -0.3 is 10.1 Å². The number of ether oxygens (including phenoxy) is 1. The molecule has 2 aromatic rings. The lowest BCUT2D eigenvalue weighted by Gasteiger charge is -2.16. The zero-order valence-corrected chi connectivity index (χ0v) is 11.4. The van der Waals surface area contributed by atoms with E-state index in [2.05, 4.69) is 5.32 Å². The lowest BCUT2D eigenvalue weighted by Crippen LogP contribution is -2.13. The number of nitrogens with one attached hydrogen (secondary N) is 1. The van der Waals surface area contributed by atoms with E-state index in [4.69, 9.17) is 10.00 Å². The van der Waals surface area contributed by atoms with Gasteiger partial charge in [-0.2, -0.15) is 5.26 Å². The predicted octanol–water partition coefficient (Wildman–Crippen LogP) is 3.77. The van der Waals surface area contributed by atoms with Crippen LogP contribution in [0, 0.1) is 17.1 Å². The molecule has 0 amide bonds. The molecule has 2 rings (SSSR count). The predicted molar refractivity (Wildman–Crippen MR) is 75.1 cm³/mol. The van der Waals surface area contributed by atoms with Crippen molar-refractivity contribution in [2.24, 2.45) is 0 Å². The van der Waals surface area contributed by atoms with E-state index in [1.165, 1.54) is 12.1 Å². The second kappa shape index (κ2) is 6.18. The van der Waals surface area contributed by atoms with Crippen molar-refractivity contribution < 1.29 is 9.13 Å². The van der Waals surface area contributed by atoms with Crippen molar-refractivity contribution in [2.45, 2.75) is 13.0 Å². The van der Waals surface area contributed by atoms with Crippen LogP contribution in [0.15, 0.2) is 42.5 Å². The molecule has 0 aliphatic rings. The quantitative estimate of drug-likeness (QED) is 0.919. The molecule has 4 heteroatoms. The monoisotopic (exact) mass is 270 g/mol. The summed E-state index contributed by atoms with van der Waals surface area (Å²) in [6.45, 7) is 1.93. The molecule has 0 heterocycles. The van der Waals surface area contributed by atoms with Crippen LogP contribution in [0.1, 0.15) is 24.1 Å². The number of nitriles is 1. The van der Waals surface area contributed by atoms with Crippen LogP contribution in [0.4, 0.5) is 4.39 Å². The van der Waals surface area contributed by atoms with Crippen molar-refractivity contribution in [3.8, 4) is 17.6 Å². The topological polar surface area (TPSA) is 45.0 Å². The molecule has 0 aliphatic heterocycles. The van der Waals surface area contributed by atoms with Gasteiger partial charge >= 0.3 is 0 Å². The molecule has 20 heavy (non-hydrogen) atoms. The summed E-state index contributed by atoms with van der Waals surface area (Å²) in [7, 11) is 1.81. The molecule has 1 N–H and O–H groups in total. The van der Waals surface area contributed by atoms with Crippen LogP contribution in [0.3, 0.4) is 0 Å². The fourth-order valence-corrected chi connectivity index (χ4v) is 1.83. The summed E-state index contributed by atoms with van der Waals surface area (Å²) >= 11 is 0. The second-order valence-electron chi connectivity index (χ2n) is 4.43. The normalized spacial score (nSPS) is 11.7. The van der Waals surface area contributed by atoms with E-state index in [0.29, 0.717) is 17.1 Å². The SMILES string of the molecule is CNC(C)c1cc(F)ccc1Oc1ccc(C#N)cc1. The van der Waals surface area contributed by atoms with E-state index in [1.807, 2.05) is 13.0 Å². The van der Waals surface area contributed by atoms with Crippen molar-refractivity contribution in [2.75, 3.05) is 7.05 Å². The van der Waals surface area contributed by atoms with E-state index in [-0.39, 0.29) is 11.9 Å². The fraction of sp³-hybridized carbons (Fsp3) is 0.188. The highest BCUT2D eigenvalue weighted by atomic mass is 19.1. The average molecular weight is 270 g/mol. The van der Waals surface area contributed by atoms with Crippen molar-refractivity contribution in [3.63, 3.8) is 0 Å². The zero-order chi connectivity index (χ0) is 14.5. The molecule has 3 nitrogen and oxygen atoms in total. The van der Waals surface area contributed by atoms with Crippen molar-refractivity contribution in [3.05, 3.63) is 59.4 Å². The Balaban J connectivity index is 2.30. The van der Waals surface area contributed by atoms with Gasteiger partial charge in [0.15, 0.2) is 0 Å². The molecule has 0 aliphatic carbocycles. The molecule has 0 spiro atoms. The van der Waals surface area contributed by atoms with E-state index in [0.717, 1.165) is 5.56 Å².